The van der Waals surface area contributed by atoms with Gasteiger partial charge in [0.15, 0.2) is 12.2 Å². The van der Waals surface area contributed by atoms with Crippen molar-refractivity contribution < 1.29 is 80.2 Å². The van der Waals surface area contributed by atoms with Crippen LogP contribution in [0.1, 0.15) is 434 Å². The van der Waals surface area contributed by atoms with Gasteiger partial charge in [0.2, 0.25) is 0 Å². The van der Waals surface area contributed by atoms with E-state index in [4.69, 9.17) is 37.0 Å². The summed E-state index contributed by atoms with van der Waals surface area (Å²) >= 11 is 0. The zero-order valence-corrected chi connectivity index (χ0v) is 68.9. The van der Waals surface area contributed by atoms with Crippen LogP contribution in [0.15, 0.2) is 0 Å². The fourth-order valence-corrected chi connectivity index (χ4v) is 14.4. The lowest BCUT2D eigenvalue weighted by Gasteiger charge is -2.21. The summed E-state index contributed by atoms with van der Waals surface area (Å²) in [4.78, 5) is 73.1. The number of carbonyl (C=O) groups excluding carboxylic acids is 4. The average Bonchev–Trinajstić information content (AvgIpc) is 0.942. The molecular formula is C83H162O17P2. The monoisotopic (exact) mass is 1490 g/mol. The summed E-state index contributed by atoms with van der Waals surface area (Å²) in [6.07, 6.45) is 62.6. The number of phosphoric acid groups is 2. The van der Waals surface area contributed by atoms with Gasteiger partial charge < -0.3 is 33.8 Å². The van der Waals surface area contributed by atoms with E-state index < -0.39 is 97.5 Å². The molecular weight excluding hydrogens is 1330 g/mol. The summed E-state index contributed by atoms with van der Waals surface area (Å²) in [5.74, 6) is 0.169. The van der Waals surface area contributed by atoms with Crippen LogP contribution in [0, 0.1) is 17.8 Å². The molecule has 0 aliphatic heterocycles. The number of carbonyl (C=O) groups is 4. The Morgan fingerprint density at radius 2 is 0.451 bits per heavy atom. The molecule has 0 fully saturated rings. The lowest BCUT2D eigenvalue weighted by atomic mass is 10.0. The fourth-order valence-electron chi connectivity index (χ4n) is 12.8. The molecule has 102 heavy (non-hydrogen) atoms. The van der Waals surface area contributed by atoms with Crippen molar-refractivity contribution in [3.8, 4) is 0 Å². The van der Waals surface area contributed by atoms with Gasteiger partial charge in [-0.05, 0) is 43.4 Å². The summed E-state index contributed by atoms with van der Waals surface area (Å²) in [5.41, 5.74) is 0. The molecule has 0 heterocycles. The fraction of sp³-hybridized carbons (Fsp3) is 0.952. The first-order valence-corrected chi connectivity index (χ1v) is 45.8. The number of phosphoric ester groups is 2. The van der Waals surface area contributed by atoms with Crippen LogP contribution in [-0.2, 0) is 65.4 Å². The maximum atomic E-state index is 13.1. The molecule has 0 aromatic carbocycles. The predicted octanol–water partition coefficient (Wildman–Crippen LogP) is 24.9. The van der Waals surface area contributed by atoms with Gasteiger partial charge in [-0.3, -0.25) is 37.3 Å². The molecule has 606 valence electrons. The molecule has 0 bridgehead atoms. The van der Waals surface area contributed by atoms with E-state index >= 15 is 0 Å². The third-order valence-electron chi connectivity index (χ3n) is 19.4. The molecule has 2 unspecified atom stereocenters. The van der Waals surface area contributed by atoms with Crippen molar-refractivity contribution in [1.29, 1.82) is 0 Å². The summed E-state index contributed by atoms with van der Waals surface area (Å²) in [6.45, 7) is 11.9. The van der Waals surface area contributed by atoms with E-state index in [1.165, 1.54) is 244 Å². The van der Waals surface area contributed by atoms with Gasteiger partial charge in [-0.25, -0.2) is 9.13 Å². The third kappa shape index (κ3) is 76.3. The Labute approximate surface area is 626 Å². The molecule has 0 aliphatic carbocycles. The normalized spacial score (nSPS) is 13.9. The van der Waals surface area contributed by atoms with Gasteiger partial charge in [-0.1, -0.05) is 382 Å². The Kier molecular flexibility index (Phi) is 71.8. The Bertz CT molecular complexity index is 1970. The van der Waals surface area contributed by atoms with Gasteiger partial charge in [0, 0.05) is 25.7 Å². The number of esters is 4. The van der Waals surface area contributed by atoms with Crippen LogP contribution in [0.25, 0.3) is 0 Å². The first-order valence-electron chi connectivity index (χ1n) is 42.8. The first-order chi connectivity index (χ1) is 49.2. The number of hydrogen-bond donors (Lipinski definition) is 3. The summed E-state index contributed by atoms with van der Waals surface area (Å²) in [6, 6.07) is 0. The lowest BCUT2D eigenvalue weighted by Crippen LogP contribution is -2.30. The number of aliphatic hydroxyl groups excluding tert-OH is 1. The Morgan fingerprint density at radius 3 is 0.667 bits per heavy atom. The first kappa shape index (κ1) is 100. The van der Waals surface area contributed by atoms with E-state index in [1.807, 2.05) is 0 Å². The van der Waals surface area contributed by atoms with E-state index in [-0.39, 0.29) is 25.7 Å². The van der Waals surface area contributed by atoms with Crippen molar-refractivity contribution in [2.45, 2.75) is 452 Å². The van der Waals surface area contributed by atoms with Crippen molar-refractivity contribution in [2.75, 3.05) is 39.6 Å². The lowest BCUT2D eigenvalue weighted by molar-refractivity contribution is -0.161. The molecule has 19 heteroatoms. The minimum atomic E-state index is -4.96. The molecule has 0 aliphatic rings. The highest BCUT2D eigenvalue weighted by atomic mass is 31.2. The molecule has 3 N–H and O–H groups in total. The second-order valence-corrected chi connectivity index (χ2v) is 34.2. The van der Waals surface area contributed by atoms with Crippen molar-refractivity contribution in [3.63, 3.8) is 0 Å². The minimum Gasteiger partial charge on any atom is -0.462 e. The number of aliphatic hydroxyl groups is 1. The molecule has 0 saturated heterocycles. The smallest absolute Gasteiger partial charge is 0.462 e. The summed E-state index contributed by atoms with van der Waals surface area (Å²) < 4.78 is 68.8. The molecule has 0 aromatic heterocycles. The molecule has 0 saturated carbocycles. The zero-order valence-electron chi connectivity index (χ0n) is 67.1. The average molecular weight is 1490 g/mol. The van der Waals surface area contributed by atoms with Crippen LogP contribution < -0.4 is 0 Å². The van der Waals surface area contributed by atoms with Crippen LogP contribution in [0.3, 0.4) is 0 Å². The highest BCUT2D eigenvalue weighted by Gasteiger charge is 2.30. The van der Waals surface area contributed by atoms with E-state index in [0.717, 1.165) is 108 Å². The Balaban J connectivity index is 5.23. The van der Waals surface area contributed by atoms with E-state index in [1.54, 1.807) is 0 Å². The van der Waals surface area contributed by atoms with Gasteiger partial charge in [-0.2, -0.15) is 0 Å². The van der Waals surface area contributed by atoms with E-state index in [9.17, 15) is 43.2 Å². The largest absolute Gasteiger partial charge is 0.472 e. The summed E-state index contributed by atoms with van der Waals surface area (Å²) in [5, 5.41) is 10.7. The van der Waals surface area contributed by atoms with Crippen molar-refractivity contribution in [2.24, 2.45) is 17.8 Å². The molecule has 5 atom stereocenters. The molecule has 17 nitrogen and oxygen atoms in total. The maximum absolute atomic E-state index is 13.1. The van der Waals surface area contributed by atoms with Crippen LogP contribution in [-0.4, -0.2) is 96.7 Å². The molecule has 0 spiro atoms. The third-order valence-corrected chi connectivity index (χ3v) is 21.3. The number of ether oxygens (including phenoxy) is 4. The van der Waals surface area contributed by atoms with Crippen LogP contribution in [0.5, 0.6) is 0 Å². The number of hydrogen-bond acceptors (Lipinski definition) is 15. The summed E-state index contributed by atoms with van der Waals surface area (Å²) in [7, 11) is -9.92. The van der Waals surface area contributed by atoms with Crippen LogP contribution >= 0.6 is 15.6 Å². The minimum absolute atomic E-state index is 0.105. The van der Waals surface area contributed by atoms with Gasteiger partial charge in [0.25, 0.3) is 0 Å². The van der Waals surface area contributed by atoms with Gasteiger partial charge in [-0.15, -0.1) is 0 Å². The van der Waals surface area contributed by atoms with Crippen LogP contribution in [0.4, 0.5) is 0 Å². The Morgan fingerprint density at radius 1 is 0.265 bits per heavy atom. The molecule has 0 rings (SSSR count). The number of unbranched alkanes of at least 4 members (excludes halogenated alkanes) is 49. The maximum Gasteiger partial charge on any atom is 0.472 e. The Hall–Kier alpha value is -1.94. The highest BCUT2D eigenvalue weighted by Crippen LogP contribution is 2.45. The zero-order chi connectivity index (χ0) is 75.1. The molecule has 0 radical (unpaired) electrons. The SMILES string of the molecule is CCCCCCCCCCCCCCCCCCCCCCCC(=O)O[C@H](COC(=O)CCCCCCCCCCCCCCCCC(C)C)COP(=O)(O)OC[C@@H](O)COP(=O)(O)OC[C@@H](COC(=O)CCCCCCCCCCCC(C)C)OC(=O)CCCCCCCCCCCC(C)C. The van der Waals surface area contributed by atoms with Gasteiger partial charge in [0.1, 0.15) is 19.3 Å². The van der Waals surface area contributed by atoms with Crippen molar-refractivity contribution in [1.82, 2.24) is 0 Å². The van der Waals surface area contributed by atoms with Crippen molar-refractivity contribution >= 4 is 39.5 Å². The molecule has 0 amide bonds. The second kappa shape index (κ2) is 73.2. The van der Waals surface area contributed by atoms with Gasteiger partial charge in [0.05, 0.1) is 26.4 Å². The van der Waals surface area contributed by atoms with Crippen LogP contribution in [0.2, 0.25) is 0 Å². The quantitative estimate of drug-likeness (QED) is 0.0222. The highest BCUT2D eigenvalue weighted by molar-refractivity contribution is 7.47. The molecule has 0 aromatic rings. The van der Waals surface area contributed by atoms with Gasteiger partial charge >= 0.3 is 39.5 Å². The predicted molar refractivity (Wildman–Crippen MR) is 418 cm³/mol. The van der Waals surface area contributed by atoms with E-state index in [2.05, 4.69) is 48.5 Å². The van der Waals surface area contributed by atoms with Crippen molar-refractivity contribution in [3.05, 3.63) is 0 Å². The second-order valence-electron chi connectivity index (χ2n) is 31.3. The topological polar surface area (TPSA) is 237 Å². The number of rotatable bonds is 81. The van der Waals surface area contributed by atoms with E-state index in [0.29, 0.717) is 25.7 Å². The standard InChI is InChI=1S/C83H162O17P2/c1-8-9-10-11-12-13-14-15-16-17-18-19-20-21-22-27-30-37-45-52-59-66-82(87)99-78(70-93-80(85)64-57-50-43-36-29-26-24-23-25-28-33-40-47-54-61-74(2)3)72-97-101(89,90)95-68-77(84)69-96-102(91,92)98-73-79(100-83(88)67-60-53-46-39-32-35-42-49-56-63-76(6)7)71-94-81(86)65-58-51-44-38-31-34-41-48-55-62-75(4)5/h74-79,84H,8-73H2,1-7H3,(H,89,90)(H,91,92)/t77-,78-,79-/m1/s1.